The van der Waals surface area contributed by atoms with Crippen LogP contribution < -0.4 is 16.0 Å². The second kappa shape index (κ2) is 11.8. The maximum absolute atomic E-state index is 13.3. The van der Waals surface area contributed by atoms with Crippen LogP contribution in [0, 0.1) is 11.8 Å². The van der Waals surface area contributed by atoms with Gasteiger partial charge in [0, 0.05) is 18.0 Å². The van der Waals surface area contributed by atoms with Gasteiger partial charge in [-0.05, 0) is 48.8 Å². The average molecular weight is 482 g/mol. The summed E-state index contributed by atoms with van der Waals surface area (Å²) in [5, 5.41) is 8.26. The van der Waals surface area contributed by atoms with E-state index in [1.807, 2.05) is 57.2 Å². The van der Waals surface area contributed by atoms with Crippen molar-refractivity contribution in [3.63, 3.8) is 0 Å². The molecule has 8 nitrogen and oxygen atoms in total. The highest BCUT2D eigenvalue weighted by atomic mass is 16.5. The van der Waals surface area contributed by atoms with E-state index < -0.39 is 29.7 Å². The molecule has 0 bridgehead atoms. The van der Waals surface area contributed by atoms with E-state index in [9.17, 15) is 19.2 Å². The molecule has 3 N–H and O–H groups in total. The highest BCUT2D eigenvalue weighted by molar-refractivity contribution is 6.38. The molecule has 0 aromatic heterocycles. The Morgan fingerprint density at radius 3 is 2.34 bits per heavy atom. The van der Waals surface area contributed by atoms with Gasteiger partial charge in [-0.15, -0.1) is 0 Å². The van der Waals surface area contributed by atoms with Crippen LogP contribution in [0.5, 0.6) is 0 Å². The van der Waals surface area contributed by atoms with Gasteiger partial charge in [0.25, 0.3) is 5.91 Å². The van der Waals surface area contributed by atoms with Crippen LogP contribution in [-0.2, 0) is 30.3 Å². The van der Waals surface area contributed by atoms with Gasteiger partial charge in [-0.25, -0.2) is 0 Å². The summed E-state index contributed by atoms with van der Waals surface area (Å²) in [6.07, 6.45) is 6.02. The van der Waals surface area contributed by atoms with Gasteiger partial charge < -0.3 is 20.7 Å². The largest absolute Gasteiger partial charge is 0.497 e. The van der Waals surface area contributed by atoms with E-state index in [0.717, 1.165) is 18.4 Å². The highest BCUT2D eigenvalue weighted by Crippen LogP contribution is 2.23. The molecule has 8 heteroatoms. The summed E-state index contributed by atoms with van der Waals surface area (Å²) in [5.74, 6) is -1.76. The summed E-state index contributed by atoms with van der Waals surface area (Å²) in [7, 11) is 1.55. The number of ketones is 1. The third-order valence-corrected chi connectivity index (χ3v) is 6.12. The molecule has 2 aliphatic rings. The first-order valence-corrected chi connectivity index (χ1v) is 12.1. The topological polar surface area (TPSA) is 114 Å². The van der Waals surface area contributed by atoms with Crippen LogP contribution in [0.15, 0.2) is 53.8 Å². The third kappa shape index (κ3) is 7.53. The van der Waals surface area contributed by atoms with Crippen LogP contribution in [0.4, 0.5) is 0 Å². The molecular weight excluding hydrogens is 446 g/mol. The fourth-order valence-corrected chi connectivity index (χ4v) is 3.98. The first-order chi connectivity index (χ1) is 16.7. The molecule has 1 aromatic rings. The Kier molecular flexibility index (Phi) is 8.84. The number of Topliss-reactive ketones (excluding diaryl/α,β-unsaturated/α-hetero) is 1. The van der Waals surface area contributed by atoms with E-state index in [4.69, 9.17) is 4.74 Å². The fourth-order valence-electron chi connectivity index (χ4n) is 3.98. The van der Waals surface area contributed by atoms with E-state index in [1.54, 1.807) is 13.2 Å². The van der Waals surface area contributed by atoms with Crippen LogP contribution >= 0.6 is 0 Å². The number of nitrogens with one attached hydrogen (secondary N) is 3. The van der Waals surface area contributed by atoms with E-state index in [1.165, 1.54) is 0 Å². The first-order valence-electron chi connectivity index (χ1n) is 12.1. The molecule has 0 heterocycles. The quantitative estimate of drug-likeness (QED) is 0.420. The van der Waals surface area contributed by atoms with Crippen molar-refractivity contribution in [1.82, 2.24) is 16.0 Å². The molecule has 0 saturated heterocycles. The van der Waals surface area contributed by atoms with Gasteiger partial charge >= 0.3 is 0 Å². The third-order valence-electron chi connectivity index (χ3n) is 6.12. The predicted octanol–water partition coefficient (Wildman–Crippen LogP) is 2.20. The Balaban J connectivity index is 1.74. The van der Waals surface area contributed by atoms with Crippen molar-refractivity contribution in [2.24, 2.45) is 11.8 Å². The van der Waals surface area contributed by atoms with Crippen LogP contribution in [0.1, 0.15) is 45.6 Å². The zero-order chi connectivity index (χ0) is 25.5. The lowest BCUT2D eigenvalue weighted by Gasteiger charge is -2.26. The Hall–Kier alpha value is -3.42. The molecule has 1 saturated carbocycles. The van der Waals surface area contributed by atoms with Crippen molar-refractivity contribution in [3.05, 3.63) is 59.4 Å². The number of benzene rings is 1. The Labute approximate surface area is 206 Å². The number of hydrogen-bond donors (Lipinski definition) is 3. The number of hydrogen-bond acceptors (Lipinski definition) is 5. The van der Waals surface area contributed by atoms with Crippen LogP contribution in [0.2, 0.25) is 0 Å². The number of amides is 3. The summed E-state index contributed by atoms with van der Waals surface area (Å²) >= 11 is 0. The summed E-state index contributed by atoms with van der Waals surface area (Å²) in [4.78, 5) is 51.7. The van der Waals surface area contributed by atoms with Crippen molar-refractivity contribution < 1.29 is 23.9 Å². The van der Waals surface area contributed by atoms with Crippen LogP contribution in [0.3, 0.4) is 0 Å². The first kappa shape index (κ1) is 26.2. The second-order valence-corrected chi connectivity index (χ2v) is 9.68. The molecule has 188 valence electrons. The molecule has 1 aromatic carbocycles. The van der Waals surface area contributed by atoms with Gasteiger partial charge in [0.15, 0.2) is 0 Å². The van der Waals surface area contributed by atoms with Crippen molar-refractivity contribution in [2.75, 3.05) is 7.11 Å². The maximum Gasteiger partial charge on any atom is 0.289 e. The molecule has 1 fully saturated rings. The van der Waals surface area contributed by atoms with Gasteiger partial charge in [-0.3, -0.25) is 19.2 Å². The monoisotopic (exact) mass is 481 g/mol. The number of methoxy groups -OCH3 is 1. The Morgan fingerprint density at radius 1 is 1.06 bits per heavy atom. The SMILES string of the molecule is COC1=CC(C)CC(C(=O)NC(C(=O)NC(Cc2ccccc2)C(=O)C(=O)NC2CC2)C(C)C)=C1. The molecule has 0 radical (unpaired) electrons. The molecular formula is C27H35N3O5. The van der Waals surface area contributed by atoms with E-state index in [0.29, 0.717) is 17.8 Å². The lowest BCUT2D eigenvalue weighted by Crippen LogP contribution is -2.56. The van der Waals surface area contributed by atoms with E-state index >= 15 is 0 Å². The normalized spacial score (nSPS) is 19.1. The smallest absolute Gasteiger partial charge is 0.289 e. The van der Waals surface area contributed by atoms with Crippen molar-refractivity contribution >= 4 is 23.5 Å². The van der Waals surface area contributed by atoms with Crippen LogP contribution in [0.25, 0.3) is 0 Å². The standard InChI is InChI=1S/C27H35N3O5/c1-16(2)23(30-25(32)19-12-17(3)13-21(15-19)35-4)26(33)29-22(14-18-8-6-5-7-9-18)24(31)27(34)28-20-10-11-20/h5-9,13,15-17,20,22-23H,10-12,14H2,1-4H3,(H,28,34)(H,29,33)(H,30,32). The number of carbonyl (C=O) groups excluding carboxylic acids is 4. The van der Waals surface area contributed by atoms with Crippen LogP contribution in [-0.4, -0.2) is 48.7 Å². The van der Waals surface area contributed by atoms with Gasteiger partial charge in [-0.1, -0.05) is 51.1 Å². The van der Waals surface area contributed by atoms with Crippen molar-refractivity contribution in [3.8, 4) is 0 Å². The Bertz CT molecular complexity index is 1010. The van der Waals surface area contributed by atoms with Gasteiger partial charge in [-0.2, -0.15) is 0 Å². The average Bonchev–Trinajstić information content (AvgIpc) is 3.65. The van der Waals surface area contributed by atoms with Crippen molar-refractivity contribution in [1.29, 1.82) is 0 Å². The lowest BCUT2D eigenvalue weighted by molar-refractivity contribution is -0.140. The maximum atomic E-state index is 13.3. The zero-order valence-electron chi connectivity index (χ0n) is 20.8. The summed E-state index contributed by atoms with van der Waals surface area (Å²) in [6.45, 7) is 5.62. The van der Waals surface area contributed by atoms with Gasteiger partial charge in [0.2, 0.25) is 17.6 Å². The minimum atomic E-state index is -1.04. The highest BCUT2D eigenvalue weighted by Gasteiger charge is 2.34. The minimum Gasteiger partial charge on any atom is -0.497 e. The zero-order valence-corrected chi connectivity index (χ0v) is 20.8. The molecule has 3 amide bonds. The van der Waals surface area contributed by atoms with E-state index in [-0.39, 0.29) is 30.2 Å². The molecule has 35 heavy (non-hydrogen) atoms. The Morgan fingerprint density at radius 2 is 1.74 bits per heavy atom. The summed E-state index contributed by atoms with van der Waals surface area (Å²) < 4.78 is 5.28. The number of rotatable bonds is 11. The van der Waals surface area contributed by atoms with Gasteiger partial charge in [0.1, 0.15) is 17.8 Å². The predicted molar refractivity (Wildman–Crippen MR) is 132 cm³/mol. The summed E-state index contributed by atoms with van der Waals surface area (Å²) in [6, 6.07) is 7.30. The molecule has 3 unspecified atom stereocenters. The minimum absolute atomic E-state index is 0.0272. The second-order valence-electron chi connectivity index (χ2n) is 9.68. The number of ether oxygens (including phenoxy) is 1. The number of allylic oxidation sites excluding steroid dienone is 2. The molecule has 3 atom stereocenters. The van der Waals surface area contributed by atoms with Crippen molar-refractivity contribution in [2.45, 2.75) is 64.6 Å². The molecule has 0 aliphatic heterocycles. The van der Waals surface area contributed by atoms with Gasteiger partial charge in [0.05, 0.1) is 7.11 Å². The fraction of sp³-hybridized carbons (Fsp3) is 0.481. The molecule has 3 rings (SSSR count). The summed E-state index contributed by atoms with van der Waals surface area (Å²) in [5.41, 5.74) is 1.34. The molecule has 0 spiro atoms. The lowest BCUT2D eigenvalue weighted by atomic mass is 9.93. The van der Waals surface area contributed by atoms with E-state index in [2.05, 4.69) is 16.0 Å². The number of carbonyl (C=O) groups is 4. The molecule has 2 aliphatic carbocycles.